The molecule has 0 aliphatic heterocycles. The van der Waals surface area contributed by atoms with Gasteiger partial charge in [0.1, 0.15) is 0 Å². The second kappa shape index (κ2) is 13.2. The van der Waals surface area contributed by atoms with Gasteiger partial charge < -0.3 is 0 Å². The normalized spacial score (nSPS) is 12.9. The van der Waals surface area contributed by atoms with E-state index in [-0.39, 0.29) is 0 Å². The van der Waals surface area contributed by atoms with Crippen molar-refractivity contribution in [2.45, 2.75) is 5.41 Å². The van der Waals surface area contributed by atoms with Crippen LogP contribution < -0.4 is 0 Å². The van der Waals surface area contributed by atoms with E-state index >= 15 is 0 Å². The molecule has 3 nitrogen and oxygen atoms in total. The van der Waals surface area contributed by atoms with Crippen molar-refractivity contribution < 1.29 is 0 Å². The zero-order valence-electron chi connectivity index (χ0n) is 32.0. The molecule has 0 saturated carbocycles. The third-order valence-corrected chi connectivity index (χ3v) is 12.3. The van der Waals surface area contributed by atoms with Gasteiger partial charge in [-0.05, 0) is 68.4 Å². The fourth-order valence-corrected chi connectivity index (χ4v) is 9.74. The van der Waals surface area contributed by atoms with E-state index in [1.54, 1.807) is 0 Å². The van der Waals surface area contributed by atoms with Crippen molar-refractivity contribution >= 4 is 43.5 Å². The highest BCUT2D eigenvalue weighted by molar-refractivity contribution is 6.08. The number of nitrogens with zero attached hydrogens (tertiary/aromatic N) is 3. The van der Waals surface area contributed by atoms with E-state index < -0.39 is 5.41 Å². The number of pyridine rings is 3. The van der Waals surface area contributed by atoms with E-state index in [1.165, 1.54) is 33.4 Å². The highest BCUT2D eigenvalue weighted by Crippen LogP contribution is 2.58. The molecule has 1 aliphatic carbocycles. The van der Waals surface area contributed by atoms with Gasteiger partial charge in [0.15, 0.2) is 0 Å². The lowest BCUT2D eigenvalue weighted by Crippen LogP contribution is -2.28. The highest BCUT2D eigenvalue weighted by Gasteiger charge is 2.47. The molecule has 59 heavy (non-hydrogen) atoms. The predicted octanol–water partition coefficient (Wildman–Crippen LogP) is 13.8. The monoisotopic (exact) mass is 749 g/mol. The molecule has 0 radical (unpaired) electrons. The standard InChI is InChI=1S/C56H35N3/c1-4-14-36(15-5-1)49-32-26-37-24-25-38-27-33-51(59-55(38)54(37)58-49)45-29-28-44(41-20-10-11-21-42(41)45)50-35-31-47-52(57-50)34-30-46-43-22-12-13-23-48(43)56(53(46)47,39-16-6-2-7-17-39)40-18-8-3-9-19-40/h1-35H. The summed E-state index contributed by atoms with van der Waals surface area (Å²) in [4.78, 5) is 16.0. The third-order valence-electron chi connectivity index (χ3n) is 12.3. The Bertz CT molecular complexity index is 3390. The molecule has 0 bridgehead atoms. The third kappa shape index (κ3) is 5.05. The second-order valence-electron chi connectivity index (χ2n) is 15.5. The first-order valence-corrected chi connectivity index (χ1v) is 20.2. The molecule has 0 spiro atoms. The summed E-state index contributed by atoms with van der Waals surface area (Å²) in [5.41, 5.74) is 16.0. The average Bonchev–Trinajstić information content (AvgIpc) is 3.63. The largest absolute Gasteiger partial charge is 0.248 e. The quantitative estimate of drug-likeness (QED) is 0.165. The zero-order chi connectivity index (χ0) is 38.9. The van der Waals surface area contributed by atoms with Crippen LogP contribution in [0.25, 0.3) is 88.4 Å². The van der Waals surface area contributed by atoms with Crippen LogP contribution in [0.4, 0.5) is 0 Å². The lowest BCUT2D eigenvalue weighted by molar-refractivity contribution is 0.775. The maximum atomic E-state index is 5.48. The van der Waals surface area contributed by atoms with Crippen molar-refractivity contribution in [3.63, 3.8) is 0 Å². The van der Waals surface area contributed by atoms with E-state index in [2.05, 4.69) is 206 Å². The van der Waals surface area contributed by atoms with E-state index in [4.69, 9.17) is 15.0 Å². The second-order valence-corrected chi connectivity index (χ2v) is 15.5. The first-order chi connectivity index (χ1) is 29.3. The van der Waals surface area contributed by atoms with Crippen LogP contribution in [-0.2, 0) is 5.41 Å². The average molecular weight is 750 g/mol. The molecule has 3 aromatic heterocycles. The van der Waals surface area contributed by atoms with E-state index in [9.17, 15) is 0 Å². The summed E-state index contributed by atoms with van der Waals surface area (Å²) in [5.74, 6) is 0. The Kier molecular flexibility index (Phi) is 7.45. The lowest BCUT2D eigenvalue weighted by Gasteiger charge is -2.34. The Morgan fingerprint density at radius 2 is 0.797 bits per heavy atom. The molecule has 0 saturated heterocycles. The van der Waals surface area contributed by atoms with E-state index in [0.29, 0.717) is 0 Å². The first-order valence-electron chi connectivity index (χ1n) is 20.2. The van der Waals surface area contributed by atoms with Crippen molar-refractivity contribution in [3.8, 4) is 44.9 Å². The fourth-order valence-electron chi connectivity index (χ4n) is 9.74. The van der Waals surface area contributed by atoms with Crippen LogP contribution in [-0.4, -0.2) is 15.0 Å². The minimum Gasteiger partial charge on any atom is -0.248 e. The zero-order valence-corrected chi connectivity index (χ0v) is 32.0. The van der Waals surface area contributed by atoms with E-state index in [1.807, 2.05) is 6.07 Å². The van der Waals surface area contributed by atoms with Gasteiger partial charge in [0.25, 0.3) is 0 Å². The minimum absolute atomic E-state index is 0.498. The minimum atomic E-state index is -0.498. The van der Waals surface area contributed by atoms with Gasteiger partial charge in [0.05, 0.1) is 39.0 Å². The number of hydrogen-bond acceptors (Lipinski definition) is 3. The fraction of sp³-hybridized carbons (Fsp3) is 0.0179. The van der Waals surface area contributed by atoms with Crippen molar-refractivity contribution in [1.29, 1.82) is 0 Å². The van der Waals surface area contributed by atoms with Gasteiger partial charge in [-0.1, -0.05) is 188 Å². The summed E-state index contributed by atoms with van der Waals surface area (Å²) >= 11 is 0. The van der Waals surface area contributed by atoms with Crippen LogP contribution in [0.1, 0.15) is 22.3 Å². The van der Waals surface area contributed by atoms with Crippen molar-refractivity contribution in [3.05, 3.63) is 235 Å². The first kappa shape index (κ1) is 33.4. The molecule has 3 heteroatoms. The number of aromatic nitrogens is 3. The molecule has 0 fully saturated rings. The SMILES string of the molecule is c1ccc(-c2ccc3ccc4ccc(-c5ccc(-c6ccc7c8c(ccc7n6)-c6ccccc6C8(c6ccccc6)c6ccccc6)c6ccccc56)nc4c3n2)cc1. The van der Waals surface area contributed by atoms with Gasteiger partial charge in [-0.2, -0.15) is 0 Å². The highest BCUT2D eigenvalue weighted by atomic mass is 14.8. The number of benzene rings is 8. The van der Waals surface area contributed by atoms with E-state index in [0.717, 1.165) is 77.3 Å². The maximum Gasteiger partial charge on any atom is 0.0972 e. The molecule has 1 aliphatic rings. The molecule has 0 unspecified atom stereocenters. The topological polar surface area (TPSA) is 38.7 Å². The summed E-state index contributed by atoms with van der Waals surface area (Å²) in [6.45, 7) is 0. The van der Waals surface area contributed by atoms with Crippen molar-refractivity contribution in [2.75, 3.05) is 0 Å². The van der Waals surface area contributed by atoms with Crippen LogP contribution in [0.3, 0.4) is 0 Å². The molecule has 12 rings (SSSR count). The molecule has 11 aromatic rings. The Morgan fingerprint density at radius 3 is 1.46 bits per heavy atom. The van der Waals surface area contributed by atoms with Gasteiger partial charge in [-0.25, -0.2) is 15.0 Å². The lowest BCUT2D eigenvalue weighted by atomic mass is 9.67. The Morgan fingerprint density at radius 1 is 0.305 bits per heavy atom. The molecular formula is C56H35N3. The number of fused-ring (bicyclic) bond motifs is 9. The van der Waals surface area contributed by atoms with Gasteiger partial charge in [0.2, 0.25) is 0 Å². The Labute approximate surface area is 342 Å². The molecule has 0 N–H and O–H groups in total. The number of hydrogen-bond donors (Lipinski definition) is 0. The molecule has 3 heterocycles. The van der Waals surface area contributed by atoms with Gasteiger partial charge in [-0.3, -0.25) is 0 Å². The number of rotatable bonds is 5. The summed E-state index contributed by atoms with van der Waals surface area (Å²) in [5, 5.41) is 5.57. The van der Waals surface area contributed by atoms with Crippen LogP contribution in [0.15, 0.2) is 212 Å². The summed E-state index contributed by atoms with van der Waals surface area (Å²) < 4.78 is 0. The maximum absolute atomic E-state index is 5.48. The van der Waals surface area contributed by atoms with Gasteiger partial charge in [-0.15, -0.1) is 0 Å². The molecule has 0 amide bonds. The van der Waals surface area contributed by atoms with Crippen LogP contribution in [0.2, 0.25) is 0 Å². The Balaban J connectivity index is 1.02. The molecule has 8 aromatic carbocycles. The van der Waals surface area contributed by atoms with Crippen molar-refractivity contribution in [2.24, 2.45) is 0 Å². The summed E-state index contributed by atoms with van der Waals surface area (Å²) in [7, 11) is 0. The van der Waals surface area contributed by atoms with Crippen LogP contribution >= 0.6 is 0 Å². The van der Waals surface area contributed by atoms with Crippen LogP contribution in [0.5, 0.6) is 0 Å². The van der Waals surface area contributed by atoms with Gasteiger partial charge >= 0.3 is 0 Å². The summed E-state index contributed by atoms with van der Waals surface area (Å²) in [6, 6.07) is 76.1. The van der Waals surface area contributed by atoms with Crippen LogP contribution in [0, 0.1) is 0 Å². The van der Waals surface area contributed by atoms with Gasteiger partial charge in [0, 0.05) is 32.8 Å². The molecular weight excluding hydrogens is 715 g/mol. The predicted molar refractivity (Wildman–Crippen MR) is 243 cm³/mol. The molecule has 0 atom stereocenters. The summed E-state index contributed by atoms with van der Waals surface area (Å²) in [6.07, 6.45) is 0. The smallest absolute Gasteiger partial charge is 0.0972 e. The molecule has 274 valence electrons. The van der Waals surface area contributed by atoms with Crippen molar-refractivity contribution in [1.82, 2.24) is 15.0 Å². The Hall–Kier alpha value is -7.75.